The van der Waals surface area contributed by atoms with E-state index in [0.717, 1.165) is 0 Å². The zero-order valence-corrected chi connectivity index (χ0v) is 11.0. The summed E-state index contributed by atoms with van der Waals surface area (Å²) in [7, 11) is 0. The van der Waals surface area contributed by atoms with Gasteiger partial charge in [-0.1, -0.05) is 6.07 Å². The molecule has 0 heterocycles. The number of benzene rings is 1. The molecule has 3 N–H and O–H groups in total. The molecule has 0 saturated heterocycles. The Hall–Kier alpha value is -2.04. The summed E-state index contributed by atoms with van der Waals surface area (Å²) in [4.78, 5) is 22.6. The monoisotopic (exact) mass is 250 g/mol. The van der Waals surface area contributed by atoms with E-state index in [-0.39, 0.29) is 17.1 Å². The molecule has 2 amide bonds. The summed E-state index contributed by atoms with van der Waals surface area (Å²) in [6.45, 7) is 7.31. The first-order chi connectivity index (χ1) is 8.19. The van der Waals surface area contributed by atoms with Crippen LogP contribution in [-0.2, 0) is 0 Å². The molecule has 0 radical (unpaired) electrons. The highest BCUT2D eigenvalue weighted by Gasteiger charge is 2.14. The lowest BCUT2D eigenvalue weighted by atomic mass is 10.1. The second-order valence-corrected chi connectivity index (χ2v) is 5.16. The zero-order chi connectivity index (χ0) is 13.9. The lowest BCUT2D eigenvalue weighted by Crippen LogP contribution is -2.43. The van der Waals surface area contributed by atoms with Crippen molar-refractivity contribution in [2.24, 2.45) is 0 Å². The van der Waals surface area contributed by atoms with E-state index in [1.54, 1.807) is 19.1 Å². The number of carboxylic acids is 1. The van der Waals surface area contributed by atoms with Crippen LogP contribution in [0.25, 0.3) is 0 Å². The van der Waals surface area contributed by atoms with Crippen molar-refractivity contribution in [3.8, 4) is 0 Å². The molecule has 0 aliphatic rings. The third-order valence-corrected chi connectivity index (χ3v) is 2.21. The molecule has 1 aromatic carbocycles. The molecule has 0 aliphatic heterocycles. The van der Waals surface area contributed by atoms with Gasteiger partial charge in [0.2, 0.25) is 0 Å². The van der Waals surface area contributed by atoms with Gasteiger partial charge in [-0.15, -0.1) is 0 Å². The molecule has 1 rings (SSSR count). The van der Waals surface area contributed by atoms with Crippen LogP contribution in [0.5, 0.6) is 0 Å². The van der Waals surface area contributed by atoms with E-state index in [1.807, 2.05) is 20.8 Å². The third-order valence-electron chi connectivity index (χ3n) is 2.21. The summed E-state index contributed by atoms with van der Waals surface area (Å²) in [5.41, 5.74) is 0.956. The number of aromatic carboxylic acids is 1. The van der Waals surface area contributed by atoms with Crippen LogP contribution in [0.15, 0.2) is 18.2 Å². The van der Waals surface area contributed by atoms with Crippen molar-refractivity contribution < 1.29 is 14.7 Å². The SMILES string of the molecule is Cc1ccc(NC(=O)NC(C)(C)C)cc1C(=O)O. The molecular formula is C13H18N2O3. The average Bonchev–Trinajstić information content (AvgIpc) is 2.17. The lowest BCUT2D eigenvalue weighted by Gasteiger charge is -2.20. The molecule has 0 aliphatic carbocycles. The number of anilines is 1. The normalized spacial score (nSPS) is 10.9. The molecule has 0 saturated carbocycles. The van der Waals surface area contributed by atoms with Crippen LogP contribution in [-0.4, -0.2) is 22.6 Å². The fourth-order valence-corrected chi connectivity index (χ4v) is 1.43. The molecule has 0 spiro atoms. The quantitative estimate of drug-likeness (QED) is 0.755. The van der Waals surface area contributed by atoms with Gasteiger partial charge in [-0.25, -0.2) is 9.59 Å². The second kappa shape index (κ2) is 5.08. The number of nitrogens with one attached hydrogen (secondary N) is 2. The Balaban J connectivity index is 2.83. The fourth-order valence-electron chi connectivity index (χ4n) is 1.43. The van der Waals surface area contributed by atoms with Gasteiger partial charge in [0.15, 0.2) is 0 Å². The van der Waals surface area contributed by atoms with Crippen molar-refractivity contribution in [2.45, 2.75) is 33.2 Å². The standard InChI is InChI=1S/C13H18N2O3/c1-8-5-6-9(7-10(8)11(16)17)14-12(18)15-13(2,3)4/h5-7H,1-4H3,(H,16,17)(H2,14,15,18). The van der Waals surface area contributed by atoms with Crippen LogP contribution in [0.4, 0.5) is 10.5 Å². The van der Waals surface area contributed by atoms with Gasteiger partial charge in [0.1, 0.15) is 0 Å². The third kappa shape index (κ3) is 4.08. The Labute approximate surface area is 106 Å². The van der Waals surface area contributed by atoms with Crippen molar-refractivity contribution in [3.63, 3.8) is 0 Å². The molecule has 1 aromatic rings. The van der Waals surface area contributed by atoms with Crippen LogP contribution < -0.4 is 10.6 Å². The number of hydrogen-bond acceptors (Lipinski definition) is 2. The minimum Gasteiger partial charge on any atom is -0.478 e. The van der Waals surface area contributed by atoms with E-state index in [0.29, 0.717) is 11.3 Å². The van der Waals surface area contributed by atoms with Crippen LogP contribution in [0, 0.1) is 6.92 Å². The Morgan fingerprint density at radius 3 is 2.33 bits per heavy atom. The summed E-state index contributed by atoms with van der Waals surface area (Å²) in [6.07, 6.45) is 0. The minimum absolute atomic E-state index is 0.184. The number of carbonyl (C=O) groups is 2. The molecule has 18 heavy (non-hydrogen) atoms. The second-order valence-electron chi connectivity index (χ2n) is 5.16. The van der Waals surface area contributed by atoms with Gasteiger partial charge in [0.25, 0.3) is 0 Å². The van der Waals surface area contributed by atoms with E-state index in [4.69, 9.17) is 5.11 Å². The van der Waals surface area contributed by atoms with Gasteiger partial charge < -0.3 is 15.7 Å². The Bertz CT molecular complexity index is 476. The number of aryl methyl sites for hydroxylation is 1. The van der Waals surface area contributed by atoms with Crippen LogP contribution >= 0.6 is 0 Å². The highest BCUT2D eigenvalue weighted by molar-refractivity contribution is 5.94. The van der Waals surface area contributed by atoms with Crippen LogP contribution in [0.3, 0.4) is 0 Å². The lowest BCUT2D eigenvalue weighted by molar-refractivity contribution is 0.0696. The number of amides is 2. The first-order valence-corrected chi connectivity index (χ1v) is 5.62. The summed E-state index contributed by atoms with van der Waals surface area (Å²) < 4.78 is 0. The molecular weight excluding hydrogens is 232 g/mol. The van der Waals surface area contributed by atoms with E-state index >= 15 is 0 Å². The molecule has 5 heteroatoms. The number of rotatable bonds is 2. The van der Waals surface area contributed by atoms with Gasteiger partial charge in [-0.05, 0) is 45.4 Å². The number of carboxylic acid groups (broad SMARTS) is 1. The maximum Gasteiger partial charge on any atom is 0.336 e. The molecule has 0 unspecified atom stereocenters. The van der Waals surface area contributed by atoms with Gasteiger partial charge >= 0.3 is 12.0 Å². The van der Waals surface area contributed by atoms with E-state index in [9.17, 15) is 9.59 Å². The molecule has 0 atom stereocenters. The summed E-state index contributed by atoms with van der Waals surface area (Å²) in [5.74, 6) is -1.01. The highest BCUT2D eigenvalue weighted by atomic mass is 16.4. The maximum atomic E-state index is 11.6. The topological polar surface area (TPSA) is 78.4 Å². The number of carbonyl (C=O) groups excluding carboxylic acids is 1. The minimum atomic E-state index is -1.01. The molecule has 5 nitrogen and oxygen atoms in total. The molecule has 0 fully saturated rings. The molecule has 0 aromatic heterocycles. The predicted molar refractivity (Wildman–Crippen MR) is 70.0 cm³/mol. The van der Waals surface area contributed by atoms with Crippen molar-refractivity contribution in [2.75, 3.05) is 5.32 Å². The largest absolute Gasteiger partial charge is 0.478 e. The zero-order valence-electron chi connectivity index (χ0n) is 11.0. The van der Waals surface area contributed by atoms with Crippen molar-refractivity contribution in [3.05, 3.63) is 29.3 Å². The average molecular weight is 250 g/mol. The summed E-state index contributed by atoms with van der Waals surface area (Å²) in [6, 6.07) is 4.42. The van der Waals surface area contributed by atoms with Crippen molar-refractivity contribution >= 4 is 17.7 Å². The fraction of sp³-hybridized carbons (Fsp3) is 0.385. The van der Waals surface area contributed by atoms with E-state index in [1.165, 1.54) is 6.07 Å². The number of urea groups is 1. The van der Waals surface area contributed by atoms with Crippen LogP contribution in [0.1, 0.15) is 36.7 Å². The van der Waals surface area contributed by atoms with E-state index < -0.39 is 5.97 Å². The van der Waals surface area contributed by atoms with Gasteiger partial charge in [-0.3, -0.25) is 0 Å². The summed E-state index contributed by atoms with van der Waals surface area (Å²) >= 11 is 0. The van der Waals surface area contributed by atoms with E-state index in [2.05, 4.69) is 10.6 Å². The first kappa shape index (κ1) is 14.0. The first-order valence-electron chi connectivity index (χ1n) is 5.62. The van der Waals surface area contributed by atoms with Crippen molar-refractivity contribution in [1.82, 2.24) is 5.32 Å². The highest BCUT2D eigenvalue weighted by Crippen LogP contribution is 2.15. The predicted octanol–water partition coefficient (Wildman–Crippen LogP) is 2.61. The Morgan fingerprint density at radius 1 is 1.22 bits per heavy atom. The van der Waals surface area contributed by atoms with Gasteiger partial charge in [0, 0.05) is 11.2 Å². The van der Waals surface area contributed by atoms with Crippen molar-refractivity contribution in [1.29, 1.82) is 0 Å². The van der Waals surface area contributed by atoms with Gasteiger partial charge in [-0.2, -0.15) is 0 Å². The summed E-state index contributed by atoms with van der Waals surface area (Å²) in [5, 5.41) is 14.3. The molecule has 0 bridgehead atoms. The van der Waals surface area contributed by atoms with Gasteiger partial charge in [0.05, 0.1) is 5.56 Å². The maximum absolute atomic E-state index is 11.6. The molecule has 98 valence electrons. The smallest absolute Gasteiger partial charge is 0.336 e. The Morgan fingerprint density at radius 2 is 1.83 bits per heavy atom. The Kier molecular flexibility index (Phi) is 3.96. The van der Waals surface area contributed by atoms with Crippen LogP contribution in [0.2, 0.25) is 0 Å². The number of hydrogen-bond donors (Lipinski definition) is 3.